The highest BCUT2D eigenvalue weighted by Gasteiger charge is 2.03. The van der Waals surface area contributed by atoms with Crippen LogP contribution in [0.3, 0.4) is 0 Å². The van der Waals surface area contributed by atoms with E-state index in [0.717, 1.165) is 24.7 Å². The molecule has 2 aromatic heterocycles. The fraction of sp³-hybridized carbons (Fsp3) is 0.417. The Morgan fingerprint density at radius 3 is 2.81 bits per heavy atom. The Hall–Kier alpha value is -0.430. The number of guanidine groups is 1. The minimum atomic E-state index is 0. The van der Waals surface area contributed by atoms with E-state index in [1.54, 1.807) is 18.1 Å². The molecule has 2 aromatic rings. The molecule has 0 atom stereocenters. The van der Waals surface area contributed by atoms with Crippen molar-refractivity contribution in [3.8, 4) is 0 Å². The number of hydrogen-bond acceptors (Lipinski definition) is 4. The minimum absolute atomic E-state index is 0. The summed E-state index contributed by atoms with van der Waals surface area (Å²) in [5.74, 6) is 1.65. The number of thiophene rings is 1. The molecule has 0 aromatic carbocycles. The third-order valence-corrected chi connectivity index (χ3v) is 4.69. The lowest BCUT2D eigenvalue weighted by atomic mass is 10.3. The number of aromatic nitrogens is 3. The van der Waals surface area contributed by atoms with E-state index in [-0.39, 0.29) is 24.0 Å². The summed E-state index contributed by atoms with van der Waals surface area (Å²) in [6, 6.07) is 4.31. The predicted octanol–water partition coefficient (Wildman–Crippen LogP) is 2.01. The summed E-state index contributed by atoms with van der Waals surface area (Å²) in [4.78, 5) is 9.73. The van der Waals surface area contributed by atoms with Gasteiger partial charge < -0.3 is 10.6 Å². The van der Waals surface area contributed by atoms with E-state index >= 15 is 0 Å². The standard InChI is InChI=1S/C12H17IN6S.HI/c1-14-12(16-7-11-17-8-18-19(11)2)15-6-5-9-3-4-10(13)20-9;/h3-4,8H,5-7H2,1-2H3,(H2,14,15,16);1H. The van der Waals surface area contributed by atoms with E-state index in [1.807, 2.05) is 18.4 Å². The highest BCUT2D eigenvalue weighted by molar-refractivity contribution is 14.1. The molecule has 2 heterocycles. The van der Waals surface area contributed by atoms with Gasteiger partial charge in [-0.1, -0.05) is 0 Å². The third-order valence-electron chi connectivity index (χ3n) is 2.74. The number of aliphatic imine (C=N–C) groups is 1. The average Bonchev–Trinajstić information content (AvgIpc) is 3.03. The minimum Gasteiger partial charge on any atom is -0.356 e. The van der Waals surface area contributed by atoms with Crippen molar-refractivity contribution in [2.75, 3.05) is 13.6 Å². The number of aryl methyl sites for hydroxylation is 1. The molecule has 0 aliphatic rings. The van der Waals surface area contributed by atoms with Crippen LogP contribution in [-0.2, 0) is 20.0 Å². The molecular formula is C12H18I2N6S. The molecule has 2 N–H and O–H groups in total. The van der Waals surface area contributed by atoms with Gasteiger partial charge in [-0.25, -0.2) is 4.98 Å². The van der Waals surface area contributed by atoms with E-state index < -0.39 is 0 Å². The second-order valence-corrected chi connectivity index (χ2v) is 7.17. The normalized spacial score (nSPS) is 11.1. The van der Waals surface area contributed by atoms with Crippen molar-refractivity contribution in [2.24, 2.45) is 12.0 Å². The Balaban J connectivity index is 0.00000220. The first kappa shape index (κ1) is 18.6. The zero-order valence-electron chi connectivity index (χ0n) is 11.8. The largest absolute Gasteiger partial charge is 0.356 e. The molecule has 9 heteroatoms. The smallest absolute Gasteiger partial charge is 0.191 e. The maximum absolute atomic E-state index is 4.19. The fourth-order valence-electron chi connectivity index (χ4n) is 1.65. The molecule has 0 aliphatic heterocycles. The van der Waals surface area contributed by atoms with Gasteiger partial charge in [-0.3, -0.25) is 9.67 Å². The van der Waals surface area contributed by atoms with Crippen LogP contribution in [0.1, 0.15) is 10.7 Å². The van der Waals surface area contributed by atoms with E-state index in [0.29, 0.717) is 6.54 Å². The molecule has 0 fully saturated rings. The van der Waals surface area contributed by atoms with E-state index in [9.17, 15) is 0 Å². The van der Waals surface area contributed by atoms with Crippen LogP contribution in [0.5, 0.6) is 0 Å². The first-order valence-corrected chi connectivity index (χ1v) is 8.10. The van der Waals surface area contributed by atoms with Gasteiger partial charge in [0.25, 0.3) is 0 Å². The molecule has 0 unspecified atom stereocenters. The SMILES string of the molecule is CN=C(NCCc1ccc(I)s1)NCc1ncnn1C.I. The summed E-state index contributed by atoms with van der Waals surface area (Å²) >= 11 is 4.17. The van der Waals surface area contributed by atoms with Gasteiger partial charge in [0.1, 0.15) is 12.2 Å². The molecular weight excluding hydrogens is 514 g/mol. The maximum Gasteiger partial charge on any atom is 0.191 e. The summed E-state index contributed by atoms with van der Waals surface area (Å²) in [6.45, 7) is 1.46. The Morgan fingerprint density at radius 2 is 2.24 bits per heavy atom. The Bertz CT molecular complexity index is 580. The van der Waals surface area contributed by atoms with E-state index in [4.69, 9.17) is 0 Å². The lowest BCUT2D eigenvalue weighted by molar-refractivity contribution is 0.672. The molecule has 2 rings (SSSR count). The Morgan fingerprint density at radius 1 is 1.43 bits per heavy atom. The number of nitrogens with one attached hydrogen (secondary N) is 2. The van der Waals surface area contributed by atoms with Gasteiger partial charge in [-0.05, 0) is 41.1 Å². The third kappa shape index (κ3) is 6.06. The second-order valence-electron chi connectivity index (χ2n) is 4.11. The Labute approximate surface area is 159 Å². The molecule has 6 nitrogen and oxygen atoms in total. The van der Waals surface area contributed by atoms with Gasteiger partial charge in [0.15, 0.2) is 5.96 Å². The summed E-state index contributed by atoms with van der Waals surface area (Å²) in [5, 5.41) is 10.5. The monoisotopic (exact) mass is 532 g/mol. The summed E-state index contributed by atoms with van der Waals surface area (Å²) in [5.41, 5.74) is 0. The van der Waals surface area contributed by atoms with Crippen LogP contribution in [0.2, 0.25) is 0 Å². The van der Waals surface area contributed by atoms with Gasteiger partial charge >= 0.3 is 0 Å². The average molecular weight is 532 g/mol. The first-order valence-electron chi connectivity index (χ1n) is 6.20. The van der Waals surface area contributed by atoms with Gasteiger partial charge in [0.2, 0.25) is 0 Å². The summed E-state index contributed by atoms with van der Waals surface area (Å²) < 4.78 is 3.07. The quantitative estimate of drug-likeness (QED) is 0.352. The summed E-state index contributed by atoms with van der Waals surface area (Å²) in [7, 11) is 3.64. The molecule has 0 saturated heterocycles. The van der Waals surface area contributed by atoms with Crippen molar-refractivity contribution in [3.63, 3.8) is 0 Å². The lowest BCUT2D eigenvalue weighted by Crippen LogP contribution is -2.38. The highest BCUT2D eigenvalue weighted by Crippen LogP contribution is 2.18. The molecule has 21 heavy (non-hydrogen) atoms. The summed E-state index contributed by atoms with van der Waals surface area (Å²) in [6.07, 6.45) is 2.55. The molecule has 116 valence electrons. The number of hydrogen-bond donors (Lipinski definition) is 2. The Kier molecular flexibility index (Phi) is 8.48. The van der Waals surface area contributed by atoms with Crippen LogP contribution in [0, 0.1) is 2.88 Å². The van der Waals surface area contributed by atoms with Crippen molar-refractivity contribution in [1.82, 2.24) is 25.4 Å². The molecule has 0 aliphatic carbocycles. The van der Waals surface area contributed by atoms with Gasteiger partial charge in [-0.15, -0.1) is 35.3 Å². The fourth-order valence-corrected chi connectivity index (χ4v) is 3.41. The van der Waals surface area contributed by atoms with E-state index in [2.05, 4.69) is 60.4 Å². The number of nitrogens with zero attached hydrogens (tertiary/aromatic N) is 4. The van der Waals surface area contributed by atoms with E-state index in [1.165, 1.54) is 7.76 Å². The van der Waals surface area contributed by atoms with Crippen LogP contribution in [0.15, 0.2) is 23.5 Å². The first-order chi connectivity index (χ1) is 9.69. The van der Waals surface area contributed by atoms with Crippen molar-refractivity contribution < 1.29 is 0 Å². The molecule has 0 bridgehead atoms. The van der Waals surface area contributed by atoms with Crippen molar-refractivity contribution >= 4 is 63.9 Å². The maximum atomic E-state index is 4.19. The second kappa shape index (κ2) is 9.56. The number of halogens is 2. The topological polar surface area (TPSA) is 67.1 Å². The van der Waals surface area contributed by atoms with Crippen LogP contribution in [0.25, 0.3) is 0 Å². The van der Waals surface area contributed by atoms with Crippen molar-refractivity contribution in [2.45, 2.75) is 13.0 Å². The van der Waals surface area contributed by atoms with Gasteiger partial charge in [0.05, 0.1) is 9.43 Å². The van der Waals surface area contributed by atoms with Crippen LogP contribution in [0.4, 0.5) is 0 Å². The van der Waals surface area contributed by atoms with Crippen LogP contribution in [-0.4, -0.2) is 34.3 Å². The molecule has 0 saturated carbocycles. The molecule has 0 spiro atoms. The van der Waals surface area contributed by atoms with Crippen LogP contribution < -0.4 is 10.6 Å². The zero-order chi connectivity index (χ0) is 14.4. The predicted molar refractivity (Wildman–Crippen MR) is 105 cm³/mol. The van der Waals surface area contributed by atoms with Crippen molar-refractivity contribution in [3.05, 3.63) is 32.0 Å². The van der Waals surface area contributed by atoms with Gasteiger partial charge in [-0.2, -0.15) is 5.10 Å². The zero-order valence-corrected chi connectivity index (χ0v) is 17.1. The highest BCUT2D eigenvalue weighted by atomic mass is 127. The molecule has 0 radical (unpaired) electrons. The lowest BCUT2D eigenvalue weighted by Gasteiger charge is -2.10. The number of rotatable bonds is 5. The van der Waals surface area contributed by atoms with Crippen LogP contribution >= 0.6 is 57.9 Å². The van der Waals surface area contributed by atoms with Crippen molar-refractivity contribution in [1.29, 1.82) is 0 Å². The molecule has 0 amide bonds. The van der Waals surface area contributed by atoms with Gasteiger partial charge in [0, 0.05) is 25.5 Å².